The molecule has 2 aliphatic rings. The van der Waals surface area contributed by atoms with Crippen LogP contribution in [0.25, 0.3) is 0 Å². The summed E-state index contributed by atoms with van der Waals surface area (Å²) in [6, 6.07) is 0.694. The van der Waals surface area contributed by atoms with Crippen LogP contribution in [0.5, 0.6) is 0 Å². The van der Waals surface area contributed by atoms with E-state index in [1.54, 1.807) is 0 Å². The summed E-state index contributed by atoms with van der Waals surface area (Å²) in [5, 5.41) is 3.29. The van der Waals surface area contributed by atoms with Gasteiger partial charge in [0.2, 0.25) is 5.91 Å². The van der Waals surface area contributed by atoms with Gasteiger partial charge in [-0.15, -0.1) is 0 Å². The quantitative estimate of drug-likeness (QED) is 0.783. The van der Waals surface area contributed by atoms with Gasteiger partial charge < -0.3 is 15.1 Å². The van der Waals surface area contributed by atoms with Crippen molar-refractivity contribution in [3.63, 3.8) is 0 Å². The van der Waals surface area contributed by atoms with Gasteiger partial charge in [0.15, 0.2) is 0 Å². The summed E-state index contributed by atoms with van der Waals surface area (Å²) in [6.45, 7) is 13.6. The Labute approximate surface area is 123 Å². The average Bonchev–Trinajstić information content (AvgIpc) is 2.53. The first-order valence-corrected chi connectivity index (χ1v) is 8.15. The van der Waals surface area contributed by atoms with Crippen molar-refractivity contribution in [1.29, 1.82) is 0 Å². The van der Waals surface area contributed by atoms with E-state index in [1.807, 2.05) is 4.90 Å². The predicted molar refractivity (Wildman–Crippen MR) is 81.8 cm³/mol. The molecule has 1 atom stereocenters. The van der Waals surface area contributed by atoms with E-state index in [0.29, 0.717) is 18.4 Å². The second-order valence-corrected chi connectivity index (χ2v) is 6.02. The molecule has 5 heteroatoms. The van der Waals surface area contributed by atoms with Crippen LogP contribution in [0.1, 0.15) is 26.7 Å². The Morgan fingerprint density at radius 1 is 1.10 bits per heavy atom. The summed E-state index contributed by atoms with van der Waals surface area (Å²) in [6.07, 6.45) is 1.91. The number of hydrogen-bond acceptors (Lipinski definition) is 4. The summed E-state index contributed by atoms with van der Waals surface area (Å²) in [4.78, 5) is 19.1. The lowest BCUT2D eigenvalue weighted by Crippen LogP contribution is -2.51. The molecule has 0 aromatic heterocycles. The fraction of sp³-hybridized carbons (Fsp3) is 0.933. The highest BCUT2D eigenvalue weighted by atomic mass is 16.2. The molecule has 2 saturated heterocycles. The smallest absolute Gasteiger partial charge is 0.223 e. The Morgan fingerprint density at radius 3 is 2.35 bits per heavy atom. The van der Waals surface area contributed by atoms with Gasteiger partial charge in [-0.1, -0.05) is 6.92 Å². The van der Waals surface area contributed by atoms with E-state index in [4.69, 9.17) is 0 Å². The molecule has 116 valence electrons. The molecule has 2 aliphatic heterocycles. The highest BCUT2D eigenvalue weighted by Gasteiger charge is 2.21. The molecule has 2 heterocycles. The number of rotatable bonds is 5. The van der Waals surface area contributed by atoms with Gasteiger partial charge in [-0.25, -0.2) is 0 Å². The van der Waals surface area contributed by atoms with Gasteiger partial charge in [0.05, 0.1) is 0 Å². The first kappa shape index (κ1) is 15.7. The third kappa shape index (κ3) is 4.43. The van der Waals surface area contributed by atoms with Crippen LogP contribution in [0.3, 0.4) is 0 Å². The SMILES string of the molecule is CCC(C)N1CCN(CCC(=O)N2CCNCC2)CC1. The number of hydrogen-bond donors (Lipinski definition) is 1. The van der Waals surface area contributed by atoms with Crippen LogP contribution in [0.15, 0.2) is 0 Å². The van der Waals surface area contributed by atoms with Crippen molar-refractivity contribution in [3.8, 4) is 0 Å². The number of nitrogens with zero attached hydrogens (tertiary/aromatic N) is 3. The molecule has 0 aromatic carbocycles. The molecule has 1 amide bonds. The third-order valence-electron chi connectivity index (χ3n) is 4.73. The van der Waals surface area contributed by atoms with Gasteiger partial charge in [0.1, 0.15) is 0 Å². The Morgan fingerprint density at radius 2 is 1.75 bits per heavy atom. The van der Waals surface area contributed by atoms with Gasteiger partial charge in [-0.3, -0.25) is 9.69 Å². The fourth-order valence-corrected chi connectivity index (χ4v) is 3.01. The second-order valence-electron chi connectivity index (χ2n) is 6.02. The molecule has 0 spiro atoms. The maximum atomic E-state index is 12.1. The summed E-state index contributed by atoms with van der Waals surface area (Å²) in [7, 11) is 0. The van der Waals surface area contributed by atoms with Gasteiger partial charge >= 0.3 is 0 Å². The van der Waals surface area contributed by atoms with Crippen LogP contribution >= 0.6 is 0 Å². The predicted octanol–water partition coefficient (Wildman–Crippen LogP) is 0.224. The lowest BCUT2D eigenvalue weighted by atomic mass is 10.2. The third-order valence-corrected chi connectivity index (χ3v) is 4.73. The zero-order valence-corrected chi connectivity index (χ0v) is 13.1. The summed E-state index contributed by atoms with van der Waals surface area (Å²) in [5.41, 5.74) is 0. The number of carbonyl (C=O) groups excluding carboxylic acids is 1. The number of carbonyl (C=O) groups is 1. The molecule has 2 fully saturated rings. The molecule has 0 aromatic rings. The molecule has 20 heavy (non-hydrogen) atoms. The molecule has 2 rings (SSSR count). The topological polar surface area (TPSA) is 38.8 Å². The Balaban J connectivity index is 1.64. The Kier molecular flexibility index (Phi) is 6.26. The van der Waals surface area contributed by atoms with Crippen LogP contribution in [-0.4, -0.2) is 85.6 Å². The van der Waals surface area contributed by atoms with Crippen LogP contribution in [0.2, 0.25) is 0 Å². The zero-order valence-electron chi connectivity index (χ0n) is 13.1. The Bertz CT molecular complexity index is 296. The van der Waals surface area contributed by atoms with Crippen LogP contribution in [0.4, 0.5) is 0 Å². The van der Waals surface area contributed by atoms with Crippen molar-refractivity contribution < 1.29 is 4.79 Å². The standard InChI is InChI=1S/C15H30N4O/c1-3-14(2)18-12-10-17(11-13-18)7-4-15(20)19-8-5-16-6-9-19/h14,16H,3-13H2,1-2H3. The number of amides is 1. The number of piperazine rings is 2. The minimum Gasteiger partial charge on any atom is -0.340 e. The van der Waals surface area contributed by atoms with E-state index < -0.39 is 0 Å². The van der Waals surface area contributed by atoms with Crippen molar-refractivity contribution in [2.45, 2.75) is 32.7 Å². The minimum absolute atomic E-state index is 0.329. The van der Waals surface area contributed by atoms with Crippen molar-refractivity contribution in [2.75, 3.05) is 58.9 Å². The number of nitrogens with one attached hydrogen (secondary N) is 1. The van der Waals surface area contributed by atoms with Gasteiger partial charge in [0.25, 0.3) is 0 Å². The first-order chi connectivity index (χ1) is 9.70. The van der Waals surface area contributed by atoms with Gasteiger partial charge in [0, 0.05) is 71.4 Å². The van der Waals surface area contributed by atoms with Crippen molar-refractivity contribution in [1.82, 2.24) is 20.0 Å². The van der Waals surface area contributed by atoms with Crippen molar-refractivity contribution >= 4 is 5.91 Å². The van der Waals surface area contributed by atoms with E-state index in [2.05, 4.69) is 29.0 Å². The monoisotopic (exact) mass is 282 g/mol. The van der Waals surface area contributed by atoms with Crippen LogP contribution in [-0.2, 0) is 4.79 Å². The van der Waals surface area contributed by atoms with E-state index in [-0.39, 0.29) is 0 Å². The molecular weight excluding hydrogens is 252 g/mol. The molecule has 0 saturated carbocycles. The maximum Gasteiger partial charge on any atom is 0.223 e. The lowest BCUT2D eigenvalue weighted by molar-refractivity contribution is -0.132. The van der Waals surface area contributed by atoms with Crippen LogP contribution < -0.4 is 5.32 Å². The van der Waals surface area contributed by atoms with Gasteiger partial charge in [-0.05, 0) is 13.3 Å². The van der Waals surface area contributed by atoms with Crippen LogP contribution in [0, 0.1) is 0 Å². The van der Waals surface area contributed by atoms with E-state index >= 15 is 0 Å². The summed E-state index contributed by atoms with van der Waals surface area (Å²) in [5.74, 6) is 0.329. The second kappa shape index (κ2) is 7.96. The minimum atomic E-state index is 0.329. The molecule has 0 bridgehead atoms. The molecule has 0 aliphatic carbocycles. The lowest BCUT2D eigenvalue weighted by Gasteiger charge is -2.38. The zero-order chi connectivity index (χ0) is 14.4. The molecule has 5 nitrogen and oxygen atoms in total. The molecule has 1 unspecified atom stereocenters. The fourth-order valence-electron chi connectivity index (χ4n) is 3.01. The van der Waals surface area contributed by atoms with Crippen molar-refractivity contribution in [3.05, 3.63) is 0 Å². The van der Waals surface area contributed by atoms with E-state index in [1.165, 1.54) is 6.42 Å². The summed E-state index contributed by atoms with van der Waals surface area (Å²) >= 11 is 0. The van der Waals surface area contributed by atoms with E-state index in [9.17, 15) is 4.79 Å². The molecule has 1 N–H and O–H groups in total. The van der Waals surface area contributed by atoms with E-state index in [0.717, 1.165) is 58.9 Å². The average molecular weight is 282 g/mol. The molecule has 0 radical (unpaired) electrons. The summed E-state index contributed by atoms with van der Waals surface area (Å²) < 4.78 is 0. The maximum absolute atomic E-state index is 12.1. The molecular formula is C15H30N4O. The van der Waals surface area contributed by atoms with Crippen molar-refractivity contribution in [2.24, 2.45) is 0 Å². The Hall–Kier alpha value is -0.650. The normalized spacial score (nSPS) is 23.8. The van der Waals surface area contributed by atoms with Gasteiger partial charge in [-0.2, -0.15) is 0 Å². The highest BCUT2D eigenvalue weighted by molar-refractivity contribution is 5.76. The largest absolute Gasteiger partial charge is 0.340 e. The first-order valence-electron chi connectivity index (χ1n) is 8.15. The highest BCUT2D eigenvalue weighted by Crippen LogP contribution is 2.09.